The summed E-state index contributed by atoms with van der Waals surface area (Å²) in [5.41, 5.74) is 4.82. The van der Waals surface area contributed by atoms with Crippen molar-refractivity contribution in [3.05, 3.63) is 100 Å². The van der Waals surface area contributed by atoms with Crippen molar-refractivity contribution < 1.29 is 20.1 Å². The Morgan fingerprint density at radius 3 is 2.56 bits per heavy atom. The quantitative estimate of drug-likeness (QED) is 0.188. The van der Waals surface area contributed by atoms with E-state index >= 15 is 0 Å². The molecule has 0 aliphatic rings. The predicted octanol–water partition coefficient (Wildman–Crippen LogP) is 5.69. The lowest BCUT2D eigenvalue weighted by atomic mass is 9.88. The lowest BCUT2D eigenvalue weighted by molar-refractivity contribution is 0.0699. The second-order valence-corrected chi connectivity index (χ2v) is 10.5. The van der Waals surface area contributed by atoms with Gasteiger partial charge in [0.25, 0.3) is 0 Å². The van der Waals surface area contributed by atoms with E-state index in [0.29, 0.717) is 11.3 Å². The SMILES string of the molecule is Cc1cc(Nc2nccc(C)n2)cc(-c2cnc(C(CC(O)CO)c3ccc(C(=O)O)c4ccccc34)s2)c1. The minimum absolute atomic E-state index is 0.216. The van der Waals surface area contributed by atoms with Gasteiger partial charge in [-0.1, -0.05) is 36.4 Å². The van der Waals surface area contributed by atoms with E-state index in [-0.39, 0.29) is 24.5 Å². The maximum Gasteiger partial charge on any atom is 0.336 e. The van der Waals surface area contributed by atoms with Crippen LogP contribution in [-0.2, 0) is 0 Å². The van der Waals surface area contributed by atoms with Gasteiger partial charge in [-0.3, -0.25) is 0 Å². The van der Waals surface area contributed by atoms with Crippen LogP contribution in [0.25, 0.3) is 21.2 Å². The highest BCUT2D eigenvalue weighted by Crippen LogP contribution is 2.40. The number of fused-ring (bicyclic) bond motifs is 1. The molecule has 0 spiro atoms. The molecule has 0 saturated heterocycles. The Morgan fingerprint density at radius 2 is 1.82 bits per heavy atom. The van der Waals surface area contributed by atoms with Crippen LogP contribution in [0.4, 0.5) is 11.6 Å². The van der Waals surface area contributed by atoms with Crippen LogP contribution >= 0.6 is 11.3 Å². The number of hydrogen-bond donors (Lipinski definition) is 4. The Bertz CT molecular complexity index is 1650. The number of nitrogens with one attached hydrogen (secondary N) is 1. The summed E-state index contributed by atoms with van der Waals surface area (Å²) in [5.74, 6) is -0.825. The summed E-state index contributed by atoms with van der Waals surface area (Å²) in [4.78, 5) is 26.2. The Morgan fingerprint density at radius 1 is 1.03 bits per heavy atom. The van der Waals surface area contributed by atoms with Gasteiger partial charge in [0, 0.05) is 29.7 Å². The second kappa shape index (κ2) is 11.3. The van der Waals surface area contributed by atoms with Crippen LogP contribution in [0.3, 0.4) is 0 Å². The van der Waals surface area contributed by atoms with Crippen molar-refractivity contribution >= 4 is 39.7 Å². The van der Waals surface area contributed by atoms with E-state index in [1.54, 1.807) is 24.4 Å². The van der Waals surface area contributed by atoms with Gasteiger partial charge in [-0.25, -0.2) is 19.7 Å². The fourth-order valence-corrected chi connectivity index (χ4v) is 5.78. The van der Waals surface area contributed by atoms with Crippen molar-refractivity contribution in [1.82, 2.24) is 15.0 Å². The summed E-state index contributed by atoms with van der Waals surface area (Å²) in [6, 6.07) is 18.7. The zero-order valence-electron chi connectivity index (χ0n) is 21.5. The third kappa shape index (κ3) is 5.80. The molecule has 2 atom stereocenters. The molecule has 0 bridgehead atoms. The number of aliphatic hydroxyl groups excluding tert-OH is 2. The van der Waals surface area contributed by atoms with Crippen molar-refractivity contribution in [3.63, 3.8) is 0 Å². The molecule has 0 amide bonds. The average molecular weight is 541 g/mol. The number of carboxylic acid groups (broad SMARTS) is 1. The molecular weight excluding hydrogens is 512 g/mol. The van der Waals surface area contributed by atoms with Gasteiger partial charge in [-0.15, -0.1) is 11.3 Å². The lowest BCUT2D eigenvalue weighted by Crippen LogP contribution is -2.17. The molecule has 5 aromatic rings. The Kier molecular flexibility index (Phi) is 7.65. The van der Waals surface area contributed by atoms with Crippen LogP contribution < -0.4 is 5.32 Å². The number of nitrogens with zero attached hydrogens (tertiary/aromatic N) is 3. The van der Waals surface area contributed by atoms with Gasteiger partial charge in [-0.05, 0) is 72.0 Å². The van der Waals surface area contributed by atoms with E-state index in [0.717, 1.165) is 43.3 Å². The number of benzene rings is 3. The number of hydrogen-bond acceptors (Lipinski definition) is 8. The molecule has 0 aliphatic heterocycles. The molecule has 9 heteroatoms. The molecule has 39 heavy (non-hydrogen) atoms. The first kappa shape index (κ1) is 26.4. The Balaban J connectivity index is 1.54. The summed E-state index contributed by atoms with van der Waals surface area (Å²) in [6.07, 6.45) is 2.81. The number of carbonyl (C=O) groups is 1. The largest absolute Gasteiger partial charge is 0.478 e. The molecule has 198 valence electrons. The molecule has 2 heterocycles. The van der Waals surface area contributed by atoms with Crippen LogP contribution in [-0.4, -0.2) is 49.0 Å². The monoisotopic (exact) mass is 540 g/mol. The molecule has 8 nitrogen and oxygen atoms in total. The van der Waals surface area contributed by atoms with Gasteiger partial charge < -0.3 is 20.6 Å². The van der Waals surface area contributed by atoms with Crippen LogP contribution in [0, 0.1) is 13.8 Å². The standard InChI is InChI=1S/C30H28N4O4S/c1-17-11-19(13-20(12-17)34-30-31-10-9-18(2)33-30)27-15-32-28(39-27)26(14-21(36)16-35)24-7-8-25(29(37)38)23-6-4-3-5-22(23)24/h3-13,15,21,26,35-36H,14,16H2,1-2H3,(H,37,38)(H,31,33,34). The number of aliphatic hydroxyl groups is 2. The number of rotatable bonds is 9. The smallest absolute Gasteiger partial charge is 0.336 e. The highest BCUT2D eigenvalue weighted by molar-refractivity contribution is 7.15. The summed E-state index contributed by atoms with van der Waals surface area (Å²) in [5, 5.41) is 35.2. The fraction of sp³-hybridized carbons (Fsp3) is 0.200. The molecule has 0 radical (unpaired) electrons. The third-order valence-corrected chi connectivity index (χ3v) is 7.68. The number of aryl methyl sites for hydroxylation is 2. The van der Waals surface area contributed by atoms with Crippen LogP contribution in [0.5, 0.6) is 0 Å². The number of carboxylic acids is 1. The topological polar surface area (TPSA) is 128 Å². The second-order valence-electron chi connectivity index (χ2n) is 9.47. The van der Waals surface area contributed by atoms with Gasteiger partial charge >= 0.3 is 5.97 Å². The van der Waals surface area contributed by atoms with Crippen LogP contribution in [0.2, 0.25) is 0 Å². The van der Waals surface area contributed by atoms with Gasteiger partial charge in [-0.2, -0.15) is 0 Å². The zero-order chi connectivity index (χ0) is 27.5. The molecule has 2 unspecified atom stereocenters. The molecule has 0 aliphatic carbocycles. The average Bonchev–Trinajstić information content (AvgIpc) is 3.41. The number of aromatic carboxylic acids is 1. The Hall–Kier alpha value is -4.18. The van der Waals surface area contributed by atoms with Crippen LogP contribution in [0.15, 0.2) is 73.1 Å². The van der Waals surface area contributed by atoms with Gasteiger partial charge in [0.1, 0.15) is 5.01 Å². The Labute approximate surface area is 229 Å². The van der Waals surface area contributed by atoms with E-state index < -0.39 is 12.1 Å². The van der Waals surface area contributed by atoms with Gasteiger partial charge in [0.05, 0.1) is 23.2 Å². The third-order valence-electron chi connectivity index (χ3n) is 6.52. The van der Waals surface area contributed by atoms with Crippen molar-refractivity contribution in [2.24, 2.45) is 0 Å². The van der Waals surface area contributed by atoms with Crippen LogP contribution in [0.1, 0.15) is 44.5 Å². The molecule has 0 saturated carbocycles. The summed E-state index contributed by atoms with van der Waals surface area (Å²) in [6.45, 7) is 3.55. The van der Waals surface area contributed by atoms with E-state index in [1.807, 2.05) is 56.4 Å². The first-order valence-corrected chi connectivity index (χ1v) is 13.3. The van der Waals surface area contributed by atoms with Crippen molar-refractivity contribution in [3.8, 4) is 10.4 Å². The highest BCUT2D eigenvalue weighted by atomic mass is 32.1. The summed E-state index contributed by atoms with van der Waals surface area (Å²) >= 11 is 1.51. The van der Waals surface area contributed by atoms with E-state index in [9.17, 15) is 20.1 Å². The normalized spacial score (nSPS) is 12.8. The first-order chi connectivity index (χ1) is 18.8. The van der Waals surface area contributed by atoms with Gasteiger partial charge in [0.15, 0.2) is 0 Å². The number of thiazole rings is 1. The highest BCUT2D eigenvalue weighted by Gasteiger charge is 2.25. The first-order valence-electron chi connectivity index (χ1n) is 12.5. The minimum Gasteiger partial charge on any atom is -0.478 e. The van der Waals surface area contributed by atoms with Crippen molar-refractivity contribution in [2.45, 2.75) is 32.3 Å². The maximum absolute atomic E-state index is 11.8. The summed E-state index contributed by atoms with van der Waals surface area (Å²) < 4.78 is 0. The molecular formula is C30H28N4O4S. The van der Waals surface area contributed by atoms with Crippen molar-refractivity contribution in [1.29, 1.82) is 0 Å². The molecule has 4 N–H and O–H groups in total. The minimum atomic E-state index is -0.999. The van der Waals surface area contributed by atoms with E-state index in [2.05, 4.69) is 21.4 Å². The zero-order valence-corrected chi connectivity index (χ0v) is 22.3. The molecule has 2 aromatic heterocycles. The van der Waals surface area contributed by atoms with E-state index in [4.69, 9.17) is 4.98 Å². The molecule has 0 fully saturated rings. The van der Waals surface area contributed by atoms with Gasteiger partial charge in [0.2, 0.25) is 5.95 Å². The lowest BCUT2D eigenvalue weighted by Gasteiger charge is -2.20. The predicted molar refractivity (Wildman–Crippen MR) is 153 cm³/mol. The van der Waals surface area contributed by atoms with Crippen molar-refractivity contribution in [2.75, 3.05) is 11.9 Å². The maximum atomic E-state index is 11.8. The number of aromatic nitrogens is 3. The number of anilines is 2. The molecule has 3 aromatic carbocycles. The molecule has 5 rings (SSSR count). The van der Waals surface area contributed by atoms with E-state index in [1.165, 1.54) is 11.3 Å². The fourth-order valence-electron chi connectivity index (χ4n) is 4.74. The summed E-state index contributed by atoms with van der Waals surface area (Å²) in [7, 11) is 0.